The number of allylic oxidation sites excluding steroid dienone is 1. The molecule has 1 heterocycles. The van der Waals surface area contributed by atoms with E-state index in [9.17, 15) is 0 Å². The third kappa shape index (κ3) is 2.22. The van der Waals surface area contributed by atoms with Crippen LogP contribution in [0.2, 0.25) is 0 Å². The normalized spacial score (nSPS) is 27.2. The molecule has 0 aromatic carbocycles. The lowest BCUT2D eigenvalue weighted by atomic mass is 10.2. The van der Waals surface area contributed by atoms with Crippen LogP contribution < -0.4 is 0 Å². The van der Waals surface area contributed by atoms with Gasteiger partial charge in [-0.2, -0.15) is 0 Å². The summed E-state index contributed by atoms with van der Waals surface area (Å²) in [6, 6.07) is 0. The third-order valence-corrected chi connectivity index (χ3v) is 2.08. The van der Waals surface area contributed by atoms with Gasteiger partial charge in [0.2, 0.25) is 0 Å². The molecule has 0 saturated carbocycles. The van der Waals surface area contributed by atoms with Crippen molar-refractivity contribution >= 4 is 36.5 Å². The fourth-order valence-corrected chi connectivity index (χ4v) is 2.39. The van der Waals surface area contributed by atoms with Gasteiger partial charge in [0.15, 0.2) is 0 Å². The lowest BCUT2D eigenvalue weighted by molar-refractivity contribution is 0.895. The maximum Gasteiger partial charge on any atom is 0.110 e. The highest BCUT2D eigenvalue weighted by Crippen LogP contribution is 2.20. The van der Waals surface area contributed by atoms with E-state index in [0.717, 1.165) is 11.0 Å². The van der Waals surface area contributed by atoms with E-state index in [0.29, 0.717) is 0 Å². The monoisotopic (exact) mass is 251 g/mol. The highest BCUT2D eigenvalue weighted by molar-refractivity contribution is 9.18. The van der Waals surface area contributed by atoms with Gasteiger partial charge in [-0.05, 0) is 28.9 Å². The molecule has 0 N–H and O–H groups in total. The Morgan fingerprint density at radius 1 is 1.78 bits per heavy atom. The van der Waals surface area contributed by atoms with Gasteiger partial charge >= 0.3 is 0 Å². The predicted molar refractivity (Wildman–Crippen MR) is 47.5 cm³/mol. The topological polar surface area (TPSA) is 12.4 Å². The first kappa shape index (κ1) is 7.48. The van der Waals surface area contributed by atoms with Crippen LogP contribution in [-0.4, -0.2) is 9.57 Å². The Kier molecular flexibility index (Phi) is 2.47. The highest BCUT2D eigenvalue weighted by atomic mass is 79.9. The average molecular weight is 253 g/mol. The second kappa shape index (κ2) is 2.97. The molecular weight excluding hydrogens is 246 g/mol. The number of hydrogen-bond acceptors (Lipinski definition) is 1. The van der Waals surface area contributed by atoms with Gasteiger partial charge in [0.25, 0.3) is 0 Å². The zero-order valence-corrected chi connectivity index (χ0v) is 8.24. The Labute approximate surface area is 71.5 Å². The van der Waals surface area contributed by atoms with Crippen molar-refractivity contribution < 1.29 is 0 Å². The minimum atomic E-state index is 0.275. The van der Waals surface area contributed by atoms with Crippen molar-refractivity contribution in [1.29, 1.82) is 0 Å². The molecule has 3 heteroatoms. The molecule has 1 nitrogen and oxygen atoms in total. The molecule has 0 bridgehead atoms. The van der Waals surface area contributed by atoms with Crippen LogP contribution in [0.5, 0.6) is 0 Å². The second-order valence-corrected chi connectivity index (χ2v) is 3.95. The first-order valence-corrected chi connectivity index (χ1v) is 4.44. The number of nitrogens with zero attached hydrogens (tertiary/aromatic N) is 1. The Balaban J connectivity index is 2.74. The summed E-state index contributed by atoms with van der Waals surface area (Å²) in [6.45, 7) is 2.10. The van der Waals surface area contributed by atoms with Crippen molar-refractivity contribution in [1.82, 2.24) is 0 Å². The molecule has 50 valence electrons. The van der Waals surface area contributed by atoms with Crippen molar-refractivity contribution in [2.45, 2.75) is 18.3 Å². The quantitative estimate of drug-likeness (QED) is 0.465. The predicted octanol–water partition coefficient (Wildman–Crippen LogP) is 2.85. The highest BCUT2D eigenvalue weighted by Gasteiger charge is 2.07. The molecule has 0 radical (unpaired) electrons. The zero-order valence-electron chi connectivity index (χ0n) is 5.06. The summed E-state index contributed by atoms with van der Waals surface area (Å²) < 4.78 is 0.938. The number of hydrogen-bond donors (Lipinski definition) is 0. The van der Waals surface area contributed by atoms with Gasteiger partial charge < -0.3 is 0 Å². The standard InChI is InChI=1S/C6H7Br2N/c1-4-2-5(7)9-6(8)3-4/h2,6H,3H2,1H3. The molecule has 0 aromatic rings. The molecule has 9 heavy (non-hydrogen) atoms. The summed E-state index contributed by atoms with van der Waals surface area (Å²) in [7, 11) is 0. The summed E-state index contributed by atoms with van der Waals surface area (Å²) >= 11 is 6.72. The number of rotatable bonds is 0. The number of aliphatic imine (C=N–C) groups is 1. The first-order valence-electron chi connectivity index (χ1n) is 2.73. The summed E-state index contributed by atoms with van der Waals surface area (Å²) in [5, 5.41) is 0. The SMILES string of the molecule is CC1=CC(Br)=NC(Br)C1. The second-order valence-electron chi connectivity index (χ2n) is 2.08. The van der Waals surface area contributed by atoms with E-state index < -0.39 is 0 Å². The Hall–Kier alpha value is 0.370. The number of halogens is 2. The lowest BCUT2D eigenvalue weighted by Gasteiger charge is -2.10. The van der Waals surface area contributed by atoms with Crippen LogP contribution in [0.15, 0.2) is 16.6 Å². The van der Waals surface area contributed by atoms with Gasteiger partial charge in [-0.1, -0.05) is 21.5 Å². The molecule has 0 fully saturated rings. The van der Waals surface area contributed by atoms with Gasteiger partial charge in [0.1, 0.15) is 9.57 Å². The van der Waals surface area contributed by atoms with E-state index in [2.05, 4.69) is 43.8 Å². The van der Waals surface area contributed by atoms with E-state index in [1.165, 1.54) is 5.57 Å². The smallest absolute Gasteiger partial charge is 0.110 e. The van der Waals surface area contributed by atoms with E-state index in [1.807, 2.05) is 6.08 Å². The van der Waals surface area contributed by atoms with Gasteiger partial charge in [0, 0.05) is 6.42 Å². The average Bonchev–Trinajstić information content (AvgIpc) is 1.59. The van der Waals surface area contributed by atoms with Crippen LogP contribution in [0.4, 0.5) is 0 Å². The van der Waals surface area contributed by atoms with Crippen LogP contribution in [-0.2, 0) is 0 Å². The minimum absolute atomic E-state index is 0.275. The van der Waals surface area contributed by atoms with Gasteiger partial charge in [-0.3, -0.25) is 4.99 Å². The number of dihydropyridines is 1. The van der Waals surface area contributed by atoms with E-state index in [-0.39, 0.29) is 4.95 Å². The van der Waals surface area contributed by atoms with E-state index in [1.54, 1.807) is 0 Å². The van der Waals surface area contributed by atoms with Crippen molar-refractivity contribution in [3.63, 3.8) is 0 Å². The van der Waals surface area contributed by atoms with Crippen molar-refractivity contribution in [3.05, 3.63) is 11.6 Å². The van der Waals surface area contributed by atoms with Crippen molar-refractivity contribution in [3.8, 4) is 0 Å². The largest absolute Gasteiger partial charge is 0.263 e. The maximum absolute atomic E-state index is 4.21. The van der Waals surface area contributed by atoms with Crippen LogP contribution in [0.3, 0.4) is 0 Å². The van der Waals surface area contributed by atoms with E-state index >= 15 is 0 Å². The molecule has 0 amide bonds. The first-order chi connectivity index (χ1) is 4.18. The maximum atomic E-state index is 4.21. The Morgan fingerprint density at radius 3 is 2.89 bits per heavy atom. The van der Waals surface area contributed by atoms with Gasteiger partial charge in [-0.15, -0.1) is 0 Å². The fourth-order valence-electron chi connectivity index (χ4n) is 0.745. The summed E-state index contributed by atoms with van der Waals surface area (Å²) in [4.78, 5) is 4.48. The molecule has 1 atom stereocenters. The van der Waals surface area contributed by atoms with E-state index in [4.69, 9.17) is 0 Å². The third-order valence-electron chi connectivity index (χ3n) is 1.12. The van der Waals surface area contributed by atoms with Crippen LogP contribution >= 0.6 is 31.9 Å². The molecule has 0 spiro atoms. The van der Waals surface area contributed by atoms with Crippen molar-refractivity contribution in [2.75, 3.05) is 0 Å². The van der Waals surface area contributed by atoms with Gasteiger partial charge in [0.05, 0.1) is 0 Å². The molecule has 1 aliphatic rings. The Bertz CT molecular complexity index is 172. The Morgan fingerprint density at radius 2 is 2.44 bits per heavy atom. The molecule has 0 saturated heterocycles. The summed E-state index contributed by atoms with van der Waals surface area (Å²) in [5.41, 5.74) is 1.36. The van der Waals surface area contributed by atoms with Crippen molar-refractivity contribution in [2.24, 2.45) is 4.99 Å². The molecular formula is C6H7Br2N. The van der Waals surface area contributed by atoms with Crippen LogP contribution in [0, 0.1) is 0 Å². The van der Waals surface area contributed by atoms with Crippen LogP contribution in [0.1, 0.15) is 13.3 Å². The van der Waals surface area contributed by atoms with Crippen LogP contribution in [0.25, 0.3) is 0 Å². The molecule has 0 aromatic heterocycles. The molecule has 1 unspecified atom stereocenters. The summed E-state index contributed by atoms with van der Waals surface area (Å²) in [5.74, 6) is 0. The molecule has 1 aliphatic heterocycles. The summed E-state index contributed by atoms with van der Waals surface area (Å²) in [6.07, 6.45) is 3.06. The molecule has 0 aliphatic carbocycles. The fraction of sp³-hybridized carbons (Fsp3) is 0.500. The number of alkyl halides is 1. The minimum Gasteiger partial charge on any atom is -0.263 e. The lowest BCUT2D eigenvalue weighted by Crippen LogP contribution is -2.02. The zero-order chi connectivity index (χ0) is 6.85. The van der Waals surface area contributed by atoms with Gasteiger partial charge in [-0.25, -0.2) is 0 Å². The molecule has 1 rings (SSSR count).